The molecule has 3 aromatic rings. The van der Waals surface area contributed by atoms with E-state index >= 15 is 0 Å². The first-order valence-corrected chi connectivity index (χ1v) is 11.9. The molecule has 3 aromatic carbocycles. The molecule has 0 radical (unpaired) electrons. The summed E-state index contributed by atoms with van der Waals surface area (Å²) in [6, 6.07) is 26.9. The van der Waals surface area contributed by atoms with E-state index in [-0.39, 0.29) is 29.8 Å². The number of piperidine rings is 1. The predicted molar refractivity (Wildman–Crippen MR) is 136 cm³/mol. The maximum Gasteiger partial charge on any atom is 0.319 e. The van der Waals surface area contributed by atoms with E-state index in [1.54, 1.807) is 24.3 Å². The van der Waals surface area contributed by atoms with Gasteiger partial charge in [0, 0.05) is 42.3 Å². The van der Waals surface area contributed by atoms with Gasteiger partial charge in [0.25, 0.3) is 0 Å². The van der Waals surface area contributed by atoms with Crippen molar-refractivity contribution in [3.8, 4) is 0 Å². The molecule has 3 amide bonds. The van der Waals surface area contributed by atoms with E-state index in [4.69, 9.17) is 11.6 Å². The Labute approximate surface area is 205 Å². The van der Waals surface area contributed by atoms with Crippen LogP contribution < -0.4 is 21.3 Å². The van der Waals surface area contributed by atoms with Crippen LogP contribution in [0.3, 0.4) is 0 Å². The van der Waals surface area contributed by atoms with Crippen LogP contribution in [-0.4, -0.2) is 37.6 Å². The minimum atomic E-state index is -0.316. The number of rotatable bonds is 7. The maximum absolute atomic E-state index is 13.0. The second-order valence-electron chi connectivity index (χ2n) is 8.52. The number of urea groups is 1. The molecule has 4 N–H and O–H groups in total. The summed E-state index contributed by atoms with van der Waals surface area (Å²) in [5.74, 6) is -0.163. The number of anilines is 1. The van der Waals surface area contributed by atoms with Crippen molar-refractivity contribution >= 4 is 29.2 Å². The van der Waals surface area contributed by atoms with E-state index in [9.17, 15) is 9.59 Å². The molecule has 1 aliphatic heterocycles. The molecule has 176 valence electrons. The van der Waals surface area contributed by atoms with Gasteiger partial charge in [-0.1, -0.05) is 78.3 Å². The van der Waals surface area contributed by atoms with Crippen molar-refractivity contribution in [1.29, 1.82) is 0 Å². The number of hydrogen-bond donors (Lipinski definition) is 4. The first-order valence-electron chi connectivity index (χ1n) is 11.5. The average molecular weight is 477 g/mol. The number of hydrogen-bond acceptors (Lipinski definition) is 3. The normalized spacial score (nSPS) is 17.7. The summed E-state index contributed by atoms with van der Waals surface area (Å²) in [4.78, 5) is 25.4. The number of nitrogens with one attached hydrogen (secondary N) is 4. The fourth-order valence-corrected chi connectivity index (χ4v) is 4.51. The quantitative estimate of drug-likeness (QED) is 0.408. The zero-order valence-electron chi connectivity index (χ0n) is 18.8. The van der Waals surface area contributed by atoms with Crippen LogP contribution in [-0.2, 0) is 4.79 Å². The van der Waals surface area contributed by atoms with Crippen LogP contribution in [0.4, 0.5) is 10.5 Å². The minimum Gasteiger partial charge on any atom is -0.355 e. The predicted octanol–water partition coefficient (Wildman–Crippen LogP) is 4.39. The Morgan fingerprint density at radius 2 is 1.59 bits per heavy atom. The summed E-state index contributed by atoms with van der Waals surface area (Å²) in [6.07, 6.45) is 0.573. The van der Waals surface area contributed by atoms with E-state index in [1.807, 2.05) is 36.4 Å². The molecule has 7 heteroatoms. The van der Waals surface area contributed by atoms with Crippen molar-refractivity contribution in [2.45, 2.75) is 18.4 Å². The molecule has 0 aliphatic carbocycles. The van der Waals surface area contributed by atoms with Crippen LogP contribution in [0.2, 0.25) is 5.02 Å². The third-order valence-corrected chi connectivity index (χ3v) is 6.26. The Kier molecular flexibility index (Phi) is 8.17. The molecule has 0 aromatic heterocycles. The Balaban J connectivity index is 1.33. The highest BCUT2D eigenvalue weighted by Gasteiger charge is 2.28. The van der Waals surface area contributed by atoms with E-state index in [2.05, 4.69) is 45.5 Å². The lowest BCUT2D eigenvalue weighted by molar-refractivity contribution is -0.125. The Morgan fingerprint density at radius 1 is 0.912 bits per heavy atom. The van der Waals surface area contributed by atoms with Gasteiger partial charge >= 0.3 is 6.03 Å². The van der Waals surface area contributed by atoms with Gasteiger partial charge in [-0.05, 0) is 35.7 Å². The third kappa shape index (κ3) is 6.59. The molecule has 1 aliphatic rings. The SMILES string of the molecule is O=C(Nc1cccc(Cl)c1)N[C@@H]1CNC[C@@H](C(=O)NCC(c2ccccc2)c2ccccc2)C1. The van der Waals surface area contributed by atoms with Gasteiger partial charge in [-0.3, -0.25) is 4.79 Å². The molecule has 1 saturated heterocycles. The van der Waals surface area contributed by atoms with Gasteiger partial charge in [-0.25, -0.2) is 4.79 Å². The fourth-order valence-electron chi connectivity index (χ4n) is 4.32. The summed E-state index contributed by atoms with van der Waals surface area (Å²) in [6.45, 7) is 1.71. The monoisotopic (exact) mass is 476 g/mol. The van der Waals surface area contributed by atoms with Gasteiger partial charge in [-0.15, -0.1) is 0 Å². The number of amides is 3. The number of halogens is 1. The first-order chi connectivity index (χ1) is 16.6. The van der Waals surface area contributed by atoms with Crippen molar-refractivity contribution in [3.63, 3.8) is 0 Å². The lowest BCUT2D eigenvalue weighted by Crippen LogP contribution is -2.53. The lowest BCUT2D eigenvalue weighted by Gasteiger charge is -2.30. The molecule has 4 rings (SSSR count). The number of benzene rings is 3. The molecular weight excluding hydrogens is 448 g/mol. The van der Waals surface area contributed by atoms with Crippen LogP contribution >= 0.6 is 11.6 Å². The van der Waals surface area contributed by atoms with E-state index in [0.717, 1.165) is 11.1 Å². The molecular formula is C27H29ClN4O2. The van der Waals surface area contributed by atoms with Crippen molar-refractivity contribution < 1.29 is 9.59 Å². The zero-order chi connectivity index (χ0) is 23.8. The molecule has 2 atom stereocenters. The van der Waals surface area contributed by atoms with Crippen molar-refractivity contribution in [2.24, 2.45) is 5.92 Å². The molecule has 1 fully saturated rings. The van der Waals surface area contributed by atoms with Crippen LogP contribution in [0.15, 0.2) is 84.9 Å². The van der Waals surface area contributed by atoms with Crippen LogP contribution in [0.5, 0.6) is 0 Å². The minimum absolute atomic E-state index is 0.00823. The van der Waals surface area contributed by atoms with Crippen LogP contribution in [0.25, 0.3) is 0 Å². The molecule has 6 nitrogen and oxygen atoms in total. The van der Waals surface area contributed by atoms with Crippen molar-refractivity contribution in [3.05, 3.63) is 101 Å². The summed E-state index contributed by atoms with van der Waals surface area (Å²) < 4.78 is 0. The van der Waals surface area contributed by atoms with Gasteiger partial charge < -0.3 is 21.3 Å². The highest BCUT2D eigenvalue weighted by atomic mass is 35.5. The van der Waals surface area contributed by atoms with Gasteiger partial charge in [0.1, 0.15) is 0 Å². The van der Waals surface area contributed by atoms with Crippen molar-refractivity contribution in [1.82, 2.24) is 16.0 Å². The first kappa shape index (κ1) is 23.8. The number of carbonyl (C=O) groups excluding carboxylic acids is 2. The Hall–Kier alpha value is -3.35. The second kappa shape index (κ2) is 11.7. The van der Waals surface area contributed by atoms with E-state index in [0.29, 0.717) is 36.8 Å². The summed E-state index contributed by atoms with van der Waals surface area (Å²) >= 11 is 5.98. The summed E-state index contributed by atoms with van der Waals surface area (Å²) in [5, 5.41) is 12.7. The smallest absolute Gasteiger partial charge is 0.319 e. The topological polar surface area (TPSA) is 82.3 Å². The lowest BCUT2D eigenvalue weighted by atomic mass is 9.90. The van der Waals surface area contributed by atoms with Gasteiger partial charge in [-0.2, -0.15) is 0 Å². The van der Waals surface area contributed by atoms with Gasteiger partial charge in [0.15, 0.2) is 0 Å². The molecule has 1 heterocycles. The maximum atomic E-state index is 13.0. The van der Waals surface area contributed by atoms with Crippen molar-refractivity contribution in [2.75, 3.05) is 25.0 Å². The molecule has 0 spiro atoms. The third-order valence-electron chi connectivity index (χ3n) is 6.02. The van der Waals surface area contributed by atoms with E-state index in [1.165, 1.54) is 0 Å². The van der Waals surface area contributed by atoms with Gasteiger partial charge in [0.2, 0.25) is 5.91 Å². The number of carbonyl (C=O) groups is 2. The Bertz CT molecular complexity index is 1050. The average Bonchev–Trinajstić information content (AvgIpc) is 2.85. The second-order valence-corrected chi connectivity index (χ2v) is 8.95. The standard InChI is InChI=1S/C27H29ClN4O2/c28-22-12-7-13-23(15-22)31-27(34)32-24-14-21(16-29-17-24)26(33)30-18-25(19-8-3-1-4-9-19)20-10-5-2-6-11-20/h1-13,15,21,24-25,29H,14,16-18H2,(H,30,33)(H2,31,32,34)/t21-,24-/m0/s1. The molecule has 0 bridgehead atoms. The largest absolute Gasteiger partial charge is 0.355 e. The van der Waals surface area contributed by atoms with E-state index < -0.39 is 0 Å². The van der Waals surface area contributed by atoms with Gasteiger partial charge in [0.05, 0.1) is 5.92 Å². The molecule has 0 saturated carbocycles. The molecule has 0 unspecified atom stereocenters. The zero-order valence-corrected chi connectivity index (χ0v) is 19.6. The Morgan fingerprint density at radius 3 is 2.24 bits per heavy atom. The van der Waals surface area contributed by atoms with Crippen LogP contribution in [0.1, 0.15) is 23.5 Å². The highest BCUT2D eigenvalue weighted by molar-refractivity contribution is 6.30. The van der Waals surface area contributed by atoms with Crippen LogP contribution in [0, 0.1) is 5.92 Å². The highest BCUT2D eigenvalue weighted by Crippen LogP contribution is 2.24. The summed E-state index contributed by atoms with van der Waals surface area (Å²) in [5.41, 5.74) is 2.94. The molecule has 34 heavy (non-hydrogen) atoms. The summed E-state index contributed by atoms with van der Waals surface area (Å²) in [7, 11) is 0. The fraction of sp³-hybridized carbons (Fsp3) is 0.259.